The van der Waals surface area contributed by atoms with Gasteiger partial charge in [-0.25, -0.2) is 0 Å². The number of amides is 2. The lowest BCUT2D eigenvalue weighted by Crippen LogP contribution is -2.60. The minimum absolute atomic E-state index is 0.0742. The number of aliphatic hydroxyl groups is 1. The number of carbonyl (C=O) groups is 2. The number of hydrogen-bond donors (Lipinski definition) is 1. The molecular weight excluding hydrogens is 304 g/mol. The Morgan fingerprint density at radius 3 is 2.33 bits per heavy atom. The van der Waals surface area contributed by atoms with Gasteiger partial charge in [0.1, 0.15) is 0 Å². The molecule has 0 aromatic carbocycles. The van der Waals surface area contributed by atoms with Gasteiger partial charge in [-0.15, -0.1) is 0 Å². The van der Waals surface area contributed by atoms with Gasteiger partial charge in [0.15, 0.2) is 0 Å². The molecule has 2 aliphatic heterocycles. The summed E-state index contributed by atoms with van der Waals surface area (Å²) in [5.74, 6) is -0.248. The van der Waals surface area contributed by atoms with Gasteiger partial charge in [-0.05, 0) is 44.2 Å². The summed E-state index contributed by atoms with van der Waals surface area (Å²) in [6.07, 6.45) is 5.75. The second-order valence-electron chi connectivity index (χ2n) is 8.77. The molecule has 3 atom stereocenters. The van der Waals surface area contributed by atoms with E-state index in [2.05, 4.69) is 4.90 Å². The molecule has 2 amide bonds. The highest BCUT2D eigenvalue weighted by Crippen LogP contribution is 2.60. The molecule has 5 nitrogen and oxygen atoms in total. The van der Waals surface area contributed by atoms with Crippen molar-refractivity contribution in [2.24, 2.45) is 16.7 Å². The summed E-state index contributed by atoms with van der Waals surface area (Å²) in [4.78, 5) is 29.4. The zero-order chi connectivity index (χ0) is 17.5. The quantitative estimate of drug-likeness (QED) is 0.798. The van der Waals surface area contributed by atoms with Crippen molar-refractivity contribution in [3.05, 3.63) is 0 Å². The van der Waals surface area contributed by atoms with Gasteiger partial charge in [-0.2, -0.15) is 0 Å². The molecule has 24 heavy (non-hydrogen) atoms. The van der Waals surface area contributed by atoms with Crippen molar-refractivity contribution in [1.29, 1.82) is 0 Å². The van der Waals surface area contributed by atoms with Crippen LogP contribution < -0.4 is 0 Å². The first-order chi connectivity index (χ1) is 11.3. The van der Waals surface area contributed by atoms with E-state index in [1.54, 1.807) is 0 Å². The van der Waals surface area contributed by atoms with Gasteiger partial charge in [-0.3, -0.25) is 14.5 Å². The van der Waals surface area contributed by atoms with Crippen molar-refractivity contribution in [1.82, 2.24) is 9.80 Å². The Hall–Kier alpha value is -0.940. The largest absolute Gasteiger partial charge is 0.390 e. The lowest BCUT2D eigenvalue weighted by Gasteiger charge is -2.48. The fourth-order valence-electron chi connectivity index (χ4n) is 4.96. The first-order valence-electron chi connectivity index (χ1n) is 9.53. The molecule has 1 saturated carbocycles. The first-order valence-corrected chi connectivity index (χ1v) is 9.53. The van der Waals surface area contributed by atoms with E-state index in [1.165, 1.54) is 30.6 Å². The normalized spacial score (nSPS) is 35.2. The molecule has 3 fully saturated rings. The monoisotopic (exact) mass is 336 g/mol. The van der Waals surface area contributed by atoms with Crippen LogP contribution in [0.1, 0.15) is 59.3 Å². The molecule has 0 aromatic rings. The van der Waals surface area contributed by atoms with E-state index in [1.807, 2.05) is 20.8 Å². The van der Waals surface area contributed by atoms with Gasteiger partial charge in [0, 0.05) is 12.5 Å². The molecule has 5 heteroatoms. The Morgan fingerprint density at radius 2 is 1.71 bits per heavy atom. The van der Waals surface area contributed by atoms with E-state index < -0.39 is 11.5 Å². The predicted octanol–water partition coefficient (Wildman–Crippen LogP) is 2.03. The fraction of sp³-hybridized carbons (Fsp3) is 0.895. The molecule has 3 rings (SSSR count). The molecule has 0 unspecified atom stereocenters. The number of nitrogens with zero attached hydrogens (tertiary/aromatic N) is 2. The number of β-amino-alcohol motifs (C(OH)–C–C–N with tert-alkyl or cyclic N) is 1. The number of fused-ring (bicyclic) bond motifs is 2. The number of imide groups is 1. The minimum atomic E-state index is -0.653. The van der Waals surface area contributed by atoms with Crippen LogP contribution in [0.5, 0.6) is 0 Å². The van der Waals surface area contributed by atoms with Gasteiger partial charge in [0.25, 0.3) is 0 Å². The summed E-state index contributed by atoms with van der Waals surface area (Å²) >= 11 is 0. The Bertz CT molecular complexity index is 511. The van der Waals surface area contributed by atoms with Crippen molar-refractivity contribution in [3.8, 4) is 0 Å². The maximum atomic E-state index is 13.0. The second-order valence-corrected chi connectivity index (χ2v) is 8.77. The Morgan fingerprint density at radius 1 is 1.08 bits per heavy atom. The molecule has 1 aliphatic carbocycles. The minimum Gasteiger partial charge on any atom is -0.390 e. The van der Waals surface area contributed by atoms with Gasteiger partial charge in [0.2, 0.25) is 11.8 Å². The molecular formula is C19H32N2O3. The zero-order valence-corrected chi connectivity index (χ0v) is 15.4. The first kappa shape index (κ1) is 17.9. The van der Waals surface area contributed by atoms with Gasteiger partial charge >= 0.3 is 0 Å². The molecule has 0 aromatic heterocycles. The van der Waals surface area contributed by atoms with Crippen LogP contribution >= 0.6 is 0 Å². The summed E-state index contributed by atoms with van der Waals surface area (Å²) < 4.78 is 0. The zero-order valence-electron chi connectivity index (χ0n) is 15.4. The van der Waals surface area contributed by atoms with E-state index in [0.717, 1.165) is 25.9 Å². The SMILES string of the molecule is CC1(C)[C@@H]2CC[C@@]1(C)C(=O)N(C[C@@H](O)CN1CCCCCC1)C2=O. The lowest BCUT2D eigenvalue weighted by atomic mass is 9.62. The van der Waals surface area contributed by atoms with Crippen molar-refractivity contribution < 1.29 is 14.7 Å². The number of rotatable bonds is 4. The highest BCUT2D eigenvalue weighted by molar-refractivity contribution is 6.03. The molecule has 0 spiro atoms. The maximum Gasteiger partial charge on any atom is 0.235 e. The van der Waals surface area contributed by atoms with Crippen LogP contribution in [0, 0.1) is 16.7 Å². The number of hydrogen-bond acceptors (Lipinski definition) is 4. The van der Waals surface area contributed by atoms with E-state index >= 15 is 0 Å². The average molecular weight is 336 g/mol. The third-order valence-corrected chi connectivity index (χ3v) is 7.07. The van der Waals surface area contributed by atoms with Crippen molar-refractivity contribution >= 4 is 11.8 Å². The van der Waals surface area contributed by atoms with Gasteiger partial charge in [0.05, 0.1) is 18.1 Å². The van der Waals surface area contributed by atoms with Crippen LogP contribution in [-0.2, 0) is 9.59 Å². The van der Waals surface area contributed by atoms with E-state index in [4.69, 9.17) is 0 Å². The number of piperidine rings is 1. The molecule has 0 radical (unpaired) electrons. The van der Waals surface area contributed by atoms with Crippen molar-refractivity contribution in [2.45, 2.75) is 65.4 Å². The van der Waals surface area contributed by atoms with Gasteiger partial charge < -0.3 is 10.0 Å². The van der Waals surface area contributed by atoms with Crippen LogP contribution in [0.15, 0.2) is 0 Å². The molecule has 2 heterocycles. The van der Waals surface area contributed by atoms with E-state index in [-0.39, 0.29) is 29.7 Å². The Labute approximate surface area is 145 Å². The summed E-state index contributed by atoms with van der Waals surface area (Å²) in [5.41, 5.74) is -0.763. The molecule has 2 bridgehead atoms. The van der Waals surface area contributed by atoms with Crippen LogP contribution in [-0.4, -0.2) is 59.0 Å². The van der Waals surface area contributed by atoms with E-state index in [9.17, 15) is 14.7 Å². The third kappa shape index (κ3) is 2.80. The maximum absolute atomic E-state index is 13.0. The van der Waals surface area contributed by atoms with Crippen LogP contribution in [0.4, 0.5) is 0 Å². The van der Waals surface area contributed by atoms with E-state index in [0.29, 0.717) is 6.54 Å². The average Bonchev–Trinajstić information content (AvgIpc) is 2.70. The number of carbonyl (C=O) groups excluding carboxylic acids is 2. The molecule has 3 aliphatic rings. The lowest BCUT2D eigenvalue weighted by molar-refractivity contribution is -0.169. The number of likely N-dealkylation sites (tertiary alicyclic amines) is 2. The smallest absolute Gasteiger partial charge is 0.235 e. The molecule has 1 N–H and O–H groups in total. The van der Waals surface area contributed by atoms with Crippen LogP contribution in [0.3, 0.4) is 0 Å². The summed E-state index contributed by atoms with van der Waals surface area (Å²) in [6.45, 7) is 8.81. The van der Waals surface area contributed by atoms with Crippen LogP contribution in [0.25, 0.3) is 0 Å². The van der Waals surface area contributed by atoms with Crippen molar-refractivity contribution in [2.75, 3.05) is 26.2 Å². The fourth-order valence-corrected chi connectivity index (χ4v) is 4.96. The molecule has 136 valence electrons. The highest BCUT2D eigenvalue weighted by Gasteiger charge is 2.64. The standard InChI is InChI=1S/C19H32N2O3/c1-18(2)15-8-9-19(18,3)17(24)21(16(15)23)13-14(22)12-20-10-6-4-5-7-11-20/h14-15,22H,4-13H2,1-3H3/t14-,15+,19-/m0/s1. The predicted molar refractivity (Wildman–Crippen MR) is 92.2 cm³/mol. The molecule has 2 saturated heterocycles. The summed E-state index contributed by atoms with van der Waals surface area (Å²) in [6, 6.07) is 0. The summed E-state index contributed by atoms with van der Waals surface area (Å²) in [7, 11) is 0. The second kappa shape index (κ2) is 6.41. The third-order valence-electron chi connectivity index (χ3n) is 7.07. The Balaban J connectivity index is 1.66. The van der Waals surface area contributed by atoms with Gasteiger partial charge in [-0.1, -0.05) is 33.6 Å². The topological polar surface area (TPSA) is 60.9 Å². The van der Waals surface area contributed by atoms with Crippen LogP contribution in [0.2, 0.25) is 0 Å². The number of aliphatic hydroxyl groups excluding tert-OH is 1. The summed E-state index contributed by atoms with van der Waals surface area (Å²) in [5, 5.41) is 10.5. The van der Waals surface area contributed by atoms with Crippen molar-refractivity contribution in [3.63, 3.8) is 0 Å². The highest BCUT2D eigenvalue weighted by atomic mass is 16.3. The Kier molecular flexibility index (Phi) is 4.77.